The Morgan fingerprint density at radius 1 is 1.10 bits per heavy atom. The molecule has 20 heavy (non-hydrogen) atoms. The van der Waals surface area contributed by atoms with E-state index in [1.807, 2.05) is 34.6 Å². The zero-order valence-electron chi connectivity index (χ0n) is 13.4. The second kappa shape index (κ2) is 5.99. The molecule has 1 aliphatic heterocycles. The van der Waals surface area contributed by atoms with Gasteiger partial charge in [-0.1, -0.05) is 20.8 Å². The molecule has 1 fully saturated rings. The molecular weight excluding hydrogens is 278 g/mol. The average Bonchev–Trinajstić information content (AvgIpc) is 2.35. The number of rotatable bonds is 3. The predicted octanol–water partition coefficient (Wildman–Crippen LogP) is 0.762. The van der Waals surface area contributed by atoms with Crippen LogP contribution in [-0.4, -0.2) is 67.1 Å². The van der Waals surface area contributed by atoms with Crippen molar-refractivity contribution in [2.75, 3.05) is 33.2 Å². The Morgan fingerprint density at radius 2 is 1.55 bits per heavy atom. The third-order valence-electron chi connectivity index (χ3n) is 3.58. The summed E-state index contributed by atoms with van der Waals surface area (Å²) in [5.41, 5.74) is -0.421. The Labute approximate surface area is 122 Å². The molecule has 0 radical (unpaired) electrons. The van der Waals surface area contributed by atoms with Crippen LogP contribution in [0.2, 0.25) is 0 Å². The molecule has 6 nitrogen and oxygen atoms in total. The molecule has 1 rings (SSSR count). The van der Waals surface area contributed by atoms with Crippen molar-refractivity contribution in [3.8, 4) is 0 Å². The van der Waals surface area contributed by atoms with E-state index in [9.17, 15) is 13.2 Å². The lowest BCUT2D eigenvalue weighted by molar-refractivity contribution is -0.140. The molecule has 0 saturated carbocycles. The predicted molar refractivity (Wildman–Crippen MR) is 79.4 cm³/mol. The number of carbonyl (C=O) groups is 1. The molecule has 0 unspecified atom stereocenters. The Balaban J connectivity index is 2.70. The summed E-state index contributed by atoms with van der Waals surface area (Å²) in [5.74, 6) is 0.0757. The number of carbonyl (C=O) groups excluding carboxylic acids is 1. The van der Waals surface area contributed by atoms with Gasteiger partial charge in [0.2, 0.25) is 5.91 Å². The Bertz CT molecular complexity index is 446. The van der Waals surface area contributed by atoms with E-state index in [2.05, 4.69) is 0 Å². The lowest BCUT2D eigenvalue weighted by Gasteiger charge is -2.38. The molecule has 0 aromatic rings. The van der Waals surface area contributed by atoms with Gasteiger partial charge in [-0.2, -0.15) is 17.0 Å². The minimum Gasteiger partial charge on any atom is -0.340 e. The molecule has 1 aliphatic rings. The molecule has 118 valence electrons. The van der Waals surface area contributed by atoms with Gasteiger partial charge in [0.1, 0.15) is 0 Å². The van der Waals surface area contributed by atoms with Gasteiger partial charge in [-0.15, -0.1) is 0 Å². The van der Waals surface area contributed by atoms with Crippen molar-refractivity contribution in [2.24, 2.45) is 5.41 Å². The largest absolute Gasteiger partial charge is 0.340 e. The van der Waals surface area contributed by atoms with Gasteiger partial charge in [0.05, 0.1) is 0 Å². The van der Waals surface area contributed by atoms with Gasteiger partial charge >= 0.3 is 0 Å². The molecule has 0 bridgehead atoms. The summed E-state index contributed by atoms with van der Waals surface area (Å²) in [7, 11) is -1.83. The smallest absolute Gasteiger partial charge is 0.282 e. The fourth-order valence-corrected chi connectivity index (χ4v) is 3.57. The zero-order chi connectivity index (χ0) is 15.7. The van der Waals surface area contributed by atoms with E-state index >= 15 is 0 Å². The summed E-state index contributed by atoms with van der Waals surface area (Å²) in [6.07, 6.45) is 0. The van der Waals surface area contributed by atoms with E-state index in [4.69, 9.17) is 0 Å². The van der Waals surface area contributed by atoms with Crippen LogP contribution >= 0.6 is 0 Å². The van der Waals surface area contributed by atoms with Gasteiger partial charge in [0.15, 0.2) is 0 Å². The zero-order valence-corrected chi connectivity index (χ0v) is 14.2. The van der Waals surface area contributed by atoms with Crippen molar-refractivity contribution in [3.05, 3.63) is 0 Å². The number of nitrogens with zero attached hydrogens (tertiary/aromatic N) is 3. The molecule has 7 heteroatoms. The molecule has 0 aromatic carbocycles. The maximum atomic E-state index is 12.3. The van der Waals surface area contributed by atoms with E-state index < -0.39 is 15.6 Å². The molecule has 1 amide bonds. The first-order valence-corrected chi connectivity index (χ1v) is 8.40. The second-order valence-corrected chi connectivity index (χ2v) is 8.55. The van der Waals surface area contributed by atoms with Crippen LogP contribution in [-0.2, 0) is 15.0 Å². The SMILES string of the molecule is CC(C)N(C)S(=O)(=O)N1CCN(C(=O)C(C)(C)C)CC1. The van der Waals surface area contributed by atoms with Crippen LogP contribution in [0.4, 0.5) is 0 Å². The number of amides is 1. The second-order valence-electron chi connectivity index (χ2n) is 6.56. The summed E-state index contributed by atoms with van der Waals surface area (Å²) < 4.78 is 27.5. The Kier molecular flexibility index (Phi) is 5.21. The van der Waals surface area contributed by atoms with Crippen LogP contribution in [0.15, 0.2) is 0 Å². The van der Waals surface area contributed by atoms with Gasteiger partial charge < -0.3 is 4.90 Å². The van der Waals surface area contributed by atoms with Crippen molar-refractivity contribution < 1.29 is 13.2 Å². The molecular formula is C13H27N3O3S. The molecule has 0 atom stereocenters. The molecule has 0 aliphatic carbocycles. The maximum Gasteiger partial charge on any atom is 0.282 e. The van der Waals surface area contributed by atoms with E-state index in [-0.39, 0.29) is 11.9 Å². The lowest BCUT2D eigenvalue weighted by Crippen LogP contribution is -2.55. The van der Waals surface area contributed by atoms with Crippen LogP contribution in [0.3, 0.4) is 0 Å². The van der Waals surface area contributed by atoms with Crippen LogP contribution in [0.25, 0.3) is 0 Å². The minimum absolute atomic E-state index is 0.0748. The monoisotopic (exact) mass is 305 g/mol. The van der Waals surface area contributed by atoms with Gasteiger partial charge in [0, 0.05) is 44.7 Å². The summed E-state index contributed by atoms with van der Waals surface area (Å²) in [4.78, 5) is 13.9. The highest BCUT2D eigenvalue weighted by molar-refractivity contribution is 7.86. The average molecular weight is 305 g/mol. The highest BCUT2D eigenvalue weighted by atomic mass is 32.2. The fraction of sp³-hybridized carbons (Fsp3) is 0.923. The van der Waals surface area contributed by atoms with Crippen LogP contribution in [0.1, 0.15) is 34.6 Å². The normalized spacial score (nSPS) is 18.9. The standard InChI is InChI=1S/C13H27N3O3S/c1-11(2)14(6)20(18,19)16-9-7-15(8-10-16)12(17)13(3,4)5/h11H,7-10H2,1-6H3. The van der Waals surface area contributed by atoms with Crippen molar-refractivity contribution in [3.63, 3.8) is 0 Å². The summed E-state index contributed by atoms with van der Waals surface area (Å²) in [6, 6.07) is -0.0748. The van der Waals surface area contributed by atoms with Crippen LogP contribution in [0.5, 0.6) is 0 Å². The van der Waals surface area contributed by atoms with Gasteiger partial charge in [0.25, 0.3) is 10.2 Å². The quantitative estimate of drug-likeness (QED) is 0.773. The van der Waals surface area contributed by atoms with E-state index in [1.54, 1.807) is 11.9 Å². The van der Waals surface area contributed by atoms with Crippen LogP contribution in [0, 0.1) is 5.41 Å². The van der Waals surface area contributed by atoms with Crippen molar-refractivity contribution in [1.29, 1.82) is 0 Å². The van der Waals surface area contributed by atoms with Gasteiger partial charge in [-0.3, -0.25) is 4.79 Å². The first kappa shape index (κ1) is 17.4. The number of hydrogen-bond donors (Lipinski definition) is 0. The van der Waals surface area contributed by atoms with Crippen molar-refractivity contribution >= 4 is 16.1 Å². The van der Waals surface area contributed by atoms with E-state index in [0.29, 0.717) is 26.2 Å². The molecule has 0 aromatic heterocycles. The molecule has 1 heterocycles. The summed E-state index contributed by atoms with van der Waals surface area (Å²) >= 11 is 0. The van der Waals surface area contributed by atoms with Crippen molar-refractivity contribution in [2.45, 2.75) is 40.7 Å². The topological polar surface area (TPSA) is 60.9 Å². The maximum absolute atomic E-state index is 12.3. The Morgan fingerprint density at radius 3 is 1.90 bits per heavy atom. The highest BCUT2D eigenvalue weighted by Gasteiger charge is 2.35. The molecule has 1 saturated heterocycles. The molecule has 0 N–H and O–H groups in total. The van der Waals surface area contributed by atoms with Gasteiger partial charge in [-0.05, 0) is 13.8 Å². The summed E-state index contributed by atoms with van der Waals surface area (Å²) in [5, 5.41) is 0. The van der Waals surface area contributed by atoms with Crippen LogP contribution < -0.4 is 0 Å². The highest BCUT2D eigenvalue weighted by Crippen LogP contribution is 2.20. The molecule has 0 spiro atoms. The number of hydrogen-bond acceptors (Lipinski definition) is 3. The van der Waals surface area contributed by atoms with Gasteiger partial charge in [-0.25, -0.2) is 0 Å². The van der Waals surface area contributed by atoms with E-state index in [0.717, 1.165) is 0 Å². The first-order chi connectivity index (χ1) is 8.98. The fourth-order valence-electron chi connectivity index (χ4n) is 2.04. The Hall–Kier alpha value is -0.660. The minimum atomic E-state index is -3.42. The summed E-state index contributed by atoms with van der Waals surface area (Å²) in [6.45, 7) is 11.0. The third-order valence-corrected chi connectivity index (χ3v) is 5.75. The number of piperazine rings is 1. The van der Waals surface area contributed by atoms with Crippen molar-refractivity contribution in [1.82, 2.24) is 13.5 Å². The van der Waals surface area contributed by atoms with E-state index in [1.165, 1.54) is 8.61 Å². The third kappa shape index (κ3) is 3.71. The first-order valence-electron chi connectivity index (χ1n) is 7.00. The lowest BCUT2D eigenvalue weighted by atomic mass is 9.94.